The van der Waals surface area contributed by atoms with Crippen LogP contribution in [-0.4, -0.2) is 25.0 Å². The number of fused-ring (bicyclic) bond motifs is 3. The van der Waals surface area contributed by atoms with E-state index in [1.54, 1.807) is 6.07 Å². The van der Waals surface area contributed by atoms with Crippen LogP contribution >= 0.6 is 0 Å². The number of alkyl halides is 3. The van der Waals surface area contributed by atoms with Gasteiger partial charge in [-0.15, -0.1) is 0 Å². The summed E-state index contributed by atoms with van der Waals surface area (Å²) >= 11 is 0. The van der Waals surface area contributed by atoms with Gasteiger partial charge >= 0.3 is 6.18 Å². The Labute approximate surface area is 146 Å². The SMILES string of the molecule is CC(C)CCNC(=O)[C@H]1Cc2cc(C(F)(F)F)ccc2N2CCC[C@H]12. The molecule has 0 spiro atoms. The number of carbonyl (C=O) groups excluding carboxylic acids is 1. The largest absolute Gasteiger partial charge is 0.416 e. The number of nitrogens with zero attached hydrogens (tertiary/aromatic N) is 1. The molecule has 1 N–H and O–H groups in total. The van der Waals surface area contributed by atoms with Crippen LogP contribution in [0, 0.1) is 11.8 Å². The highest BCUT2D eigenvalue weighted by atomic mass is 19.4. The Morgan fingerprint density at radius 2 is 2.12 bits per heavy atom. The van der Waals surface area contributed by atoms with Crippen LogP contribution in [0.25, 0.3) is 0 Å². The topological polar surface area (TPSA) is 32.3 Å². The van der Waals surface area contributed by atoms with Crippen molar-refractivity contribution in [3.05, 3.63) is 29.3 Å². The lowest BCUT2D eigenvalue weighted by molar-refractivity contribution is -0.137. The number of anilines is 1. The molecule has 2 aliphatic rings. The molecule has 1 fully saturated rings. The maximum absolute atomic E-state index is 13.0. The van der Waals surface area contributed by atoms with Crippen LogP contribution in [0.4, 0.5) is 18.9 Å². The van der Waals surface area contributed by atoms with Crippen molar-refractivity contribution in [3.63, 3.8) is 0 Å². The maximum atomic E-state index is 13.0. The Morgan fingerprint density at radius 3 is 2.80 bits per heavy atom. The smallest absolute Gasteiger partial charge is 0.368 e. The summed E-state index contributed by atoms with van der Waals surface area (Å²) in [6.45, 7) is 5.62. The van der Waals surface area contributed by atoms with E-state index in [-0.39, 0.29) is 17.9 Å². The lowest BCUT2D eigenvalue weighted by Gasteiger charge is -2.39. The van der Waals surface area contributed by atoms with E-state index in [0.717, 1.165) is 37.6 Å². The number of nitrogens with one attached hydrogen (secondary N) is 1. The molecule has 1 aromatic carbocycles. The van der Waals surface area contributed by atoms with Gasteiger partial charge in [0.25, 0.3) is 0 Å². The average molecular weight is 354 g/mol. The Hall–Kier alpha value is -1.72. The number of amides is 1. The first kappa shape index (κ1) is 18.1. The lowest BCUT2D eigenvalue weighted by atomic mass is 9.84. The quantitative estimate of drug-likeness (QED) is 0.886. The first-order valence-electron chi connectivity index (χ1n) is 9.02. The summed E-state index contributed by atoms with van der Waals surface area (Å²) in [5.41, 5.74) is 0.863. The Morgan fingerprint density at radius 1 is 1.36 bits per heavy atom. The Balaban J connectivity index is 1.82. The normalized spacial score (nSPS) is 22.7. The van der Waals surface area contributed by atoms with Crippen molar-refractivity contribution >= 4 is 11.6 Å². The van der Waals surface area contributed by atoms with Gasteiger partial charge in [0, 0.05) is 24.8 Å². The molecule has 25 heavy (non-hydrogen) atoms. The predicted molar refractivity (Wildman–Crippen MR) is 91.5 cm³/mol. The molecule has 0 radical (unpaired) electrons. The summed E-state index contributed by atoms with van der Waals surface area (Å²) in [6, 6.07) is 4.04. The Kier molecular flexibility index (Phi) is 4.98. The molecule has 2 heterocycles. The van der Waals surface area contributed by atoms with Crippen LogP contribution in [0.15, 0.2) is 18.2 Å². The minimum atomic E-state index is -4.36. The second-order valence-electron chi connectivity index (χ2n) is 7.53. The van der Waals surface area contributed by atoms with Crippen molar-refractivity contribution in [2.24, 2.45) is 11.8 Å². The van der Waals surface area contributed by atoms with Crippen molar-refractivity contribution < 1.29 is 18.0 Å². The maximum Gasteiger partial charge on any atom is 0.416 e. The summed E-state index contributed by atoms with van der Waals surface area (Å²) in [5.74, 6) is 0.205. The molecule has 2 atom stereocenters. The number of halogens is 3. The summed E-state index contributed by atoms with van der Waals surface area (Å²) in [7, 11) is 0. The van der Waals surface area contributed by atoms with Crippen LogP contribution in [0.3, 0.4) is 0 Å². The zero-order chi connectivity index (χ0) is 18.2. The molecule has 3 nitrogen and oxygen atoms in total. The molecule has 1 saturated heterocycles. The minimum absolute atomic E-state index is 0.0272. The molecule has 6 heteroatoms. The van der Waals surface area contributed by atoms with Crippen molar-refractivity contribution in [1.82, 2.24) is 5.32 Å². The van der Waals surface area contributed by atoms with Crippen molar-refractivity contribution in [1.29, 1.82) is 0 Å². The van der Waals surface area contributed by atoms with Crippen LogP contribution in [0.1, 0.15) is 44.2 Å². The number of carbonyl (C=O) groups is 1. The molecule has 1 amide bonds. The number of hydrogen-bond acceptors (Lipinski definition) is 2. The number of hydrogen-bond donors (Lipinski definition) is 1. The van der Waals surface area contributed by atoms with E-state index in [9.17, 15) is 18.0 Å². The van der Waals surface area contributed by atoms with Gasteiger partial charge in [-0.25, -0.2) is 0 Å². The van der Waals surface area contributed by atoms with Crippen LogP contribution in [0.2, 0.25) is 0 Å². The third kappa shape index (κ3) is 3.77. The van der Waals surface area contributed by atoms with Gasteiger partial charge in [-0.3, -0.25) is 4.79 Å². The molecular weight excluding hydrogens is 329 g/mol. The summed E-state index contributed by atoms with van der Waals surface area (Å²) in [4.78, 5) is 14.8. The van der Waals surface area contributed by atoms with Gasteiger partial charge in [0.15, 0.2) is 0 Å². The fourth-order valence-corrected chi connectivity index (χ4v) is 3.97. The summed E-state index contributed by atoms with van der Waals surface area (Å²) < 4.78 is 39.1. The standard InChI is InChI=1S/C19H25F3N2O/c1-12(2)7-8-23-18(25)15-11-13-10-14(19(20,21)22)5-6-16(13)24-9-3-4-17(15)24/h5-6,10,12,15,17H,3-4,7-9,11H2,1-2H3,(H,23,25)/t15-,17+/m0/s1. The molecule has 1 aromatic rings. The minimum Gasteiger partial charge on any atom is -0.368 e. The van der Waals surface area contributed by atoms with Crippen molar-refractivity contribution in [2.45, 2.75) is 51.7 Å². The molecular formula is C19H25F3N2O. The lowest BCUT2D eigenvalue weighted by Crippen LogP contribution is -2.48. The Bertz CT molecular complexity index is 642. The monoisotopic (exact) mass is 354 g/mol. The van der Waals surface area contributed by atoms with E-state index in [0.29, 0.717) is 24.4 Å². The van der Waals surface area contributed by atoms with E-state index in [2.05, 4.69) is 24.1 Å². The van der Waals surface area contributed by atoms with E-state index < -0.39 is 11.7 Å². The van der Waals surface area contributed by atoms with Crippen LogP contribution < -0.4 is 10.2 Å². The molecule has 0 aromatic heterocycles. The molecule has 138 valence electrons. The zero-order valence-corrected chi connectivity index (χ0v) is 14.7. The van der Waals surface area contributed by atoms with Gasteiger partial charge in [0.05, 0.1) is 11.5 Å². The highest BCUT2D eigenvalue weighted by Gasteiger charge is 2.42. The second kappa shape index (κ2) is 6.89. The molecule has 0 aliphatic carbocycles. The van der Waals surface area contributed by atoms with Crippen molar-refractivity contribution in [3.8, 4) is 0 Å². The summed E-state index contributed by atoms with van der Waals surface area (Å²) in [6.07, 6.45) is -1.18. The molecule has 0 bridgehead atoms. The molecule has 3 rings (SSSR count). The van der Waals surface area contributed by atoms with Gasteiger partial charge in [0.2, 0.25) is 5.91 Å². The van der Waals surface area contributed by atoms with Gasteiger partial charge in [0.1, 0.15) is 0 Å². The van der Waals surface area contributed by atoms with Gasteiger partial charge in [-0.2, -0.15) is 13.2 Å². The number of benzene rings is 1. The van der Waals surface area contributed by atoms with Gasteiger partial charge in [-0.1, -0.05) is 13.8 Å². The van der Waals surface area contributed by atoms with Gasteiger partial charge < -0.3 is 10.2 Å². The fourth-order valence-electron chi connectivity index (χ4n) is 3.97. The zero-order valence-electron chi connectivity index (χ0n) is 14.7. The first-order valence-corrected chi connectivity index (χ1v) is 9.02. The van der Waals surface area contributed by atoms with E-state index in [1.807, 2.05) is 0 Å². The third-order valence-corrected chi connectivity index (χ3v) is 5.28. The van der Waals surface area contributed by atoms with Gasteiger partial charge in [-0.05, 0) is 55.4 Å². The van der Waals surface area contributed by atoms with E-state index in [1.165, 1.54) is 6.07 Å². The summed E-state index contributed by atoms with van der Waals surface area (Å²) in [5, 5.41) is 2.98. The van der Waals surface area contributed by atoms with E-state index in [4.69, 9.17) is 0 Å². The first-order chi connectivity index (χ1) is 11.8. The molecule has 0 unspecified atom stereocenters. The number of rotatable bonds is 4. The van der Waals surface area contributed by atoms with Crippen LogP contribution in [0.5, 0.6) is 0 Å². The highest BCUT2D eigenvalue weighted by Crippen LogP contribution is 2.41. The third-order valence-electron chi connectivity index (χ3n) is 5.28. The van der Waals surface area contributed by atoms with Crippen LogP contribution in [-0.2, 0) is 17.4 Å². The fraction of sp³-hybridized carbons (Fsp3) is 0.632. The molecule has 0 saturated carbocycles. The second-order valence-corrected chi connectivity index (χ2v) is 7.53. The predicted octanol–water partition coefficient (Wildman–Crippen LogP) is 4.01. The van der Waals surface area contributed by atoms with E-state index >= 15 is 0 Å². The molecule has 2 aliphatic heterocycles. The average Bonchev–Trinajstić information content (AvgIpc) is 3.01. The van der Waals surface area contributed by atoms with Crippen molar-refractivity contribution in [2.75, 3.05) is 18.0 Å². The highest BCUT2D eigenvalue weighted by molar-refractivity contribution is 5.82.